The first-order valence-corrected chi connectivity index (χ1v) is 6.17. The minimum Gasteiger partial charge on any atom is -0.0693 e. The van der Waals surface area contributed by atoms with E-state index in [1.54, 1.807) is 5.57 Å². The van der Waals surface area contributed by atoms with Gasteiger partial charge in [-0.25, -0.2) is 0 Å². The quantitative estimate of drug-likeness (QED) is 0.643. The van der Waals surface area contributed by atoms with Gasteiger partial charge in [0.2, 0.25) is 0 Å². The highest BCUT2D eigenvalue weighted by Gasteiger charge is 2.07. The van der Waals surface area contributed by atoms with Crippen molar-refractivity contribution < 1.29 is 0 Å². The van der Waals surface area contributed by atoms with E-state index in [0.29, 0.717) is 0 Å². The van der Waals surface area contributed by atoms with Gasteiger partial charge in [0.1, 0.15) is 0 Å². The highest BCUT2D eigenvalue weighted by atomic mass is 14.1. The van der Waals surface area contributed by atoms with Crippen molar-refractivity contribution in [1.82, 2.24) is 0 Å². The Labute approximate surface area is 94.0 Å². The lowest BCUT2D eigenvalue weighted by atomic mass is 9.90. The van der Waals surface area contributed by atoms with Gasteiger partial charge in [-0.1, -0.05) is 63.1 Å². The van der Waals surface area contributed by atoms with Gasteiger partial charge in [0.15, 0.2) is 0 Å². The number of allylic oxidation sites excluding steroid dienone is 1. The molecule has 1 aliphatic rings. The summed E-state index contributed by atoms with van der Waals surface area (Å²) in [6.07, 6.45) is 7.43. The highest BCUT2D eigenvalue weighted by molar-refractivity contribution is 5.59. The second-order valence-corrected chi connectivity index (χ2v) is 3.75. The third kappa shape index (κ3) is 3.23. The molecule has 1 aliphatic carbocycles. The van der Waals surface area contributed by atoms with E-state index >= 15 is 0 Å². The van der Waals surface area contributed by atoms with Crippen LogP contribution < -0.4 is 0 Å². The topological polar surface area (TPSA) is 0 Å². The molecular weight excluding hydrogens is 180 g/mol. The van der Waals surface area contributed by atoms with Crippen molar-refractivity contribution in [2.45, 2.75) is 46.5 Å². The molecule has 0 atom stereocenters. The maximum absolute atomic E-state index is 2.38. The van der Waals surface area contributed by atoms with Crippen LogP contribution in [0.4, 0.5) is 0 Å². The normalized spacial score (nSPS) is 13.4. The fraction of sp³-hybridized carbons (Fsp3) is 0.467. The summed E-state index contributed by atoms with van der Waals surface area (Å²) in [4.78, 5) is 0. The van der Waals surface area contributed by atoms with E-state index in [0.717, 1.165) is 0 Å². The standard InChI is InChI=1S/C13H16.C2H6/c1-2-5-11-8-9-12-6-3-4-7-13(12)10-11;1-2/h3-4,6-7,10H,2,5,8-9H2,1H3;1-2H3. The minimum atomic E-state index is 1.24. The van der Waals surface area contributed by atoms with E-state index < -0.39 is 0 Å². The van der Waals surface area contributed by atoms with E-state index in [9.17, 15) is 0 Å². The zero-order valence-electron chi connectivity index (χ0n) is 10.2. The zero-order chi connectivity index (χ0) is 11.1. The first kappa shape index (κ1) is 12.0. The van der Waals surface area contributed by atoms with E-state index in [-0.39, 0.29) is 0 Å². The number of hydrogen-bond acceptors (Lipinski definition) is 0. The number of hydrogen-bond donors (Lipinski definition) is 0. The summed E-state index contributed by atoms with van der Waals surface area (Å²) in [6.45, 7) is 6.25. The Balaban J connectivity index is 0.000000531. The van der Waals surface area contributed by atoms with Crippen LogP contribution in [-0.4, -0.2) is 0 Å². The Morgan fingerprint density at radius 1 is 1.07 bits per heavy atom. The second kappa shape index (κ2) is 6.44. The predicted octanol–water partition coefficient (Wildman–Crippen LogP) is 4.84. The van der Waals surface area contributed by atoms with E-state index in [1.807, 2.05) is 13.8 Å². The van der Waals surface area contributed by atoms with Crippen molar-refractivity contribution in [2.24, 2.45) is 0 Å². The number of aryl methyl sites for hydroxylation is 1. The molecule has 0 saturated carbocycles. The third-order valence-corrected chi connectivity index (χ3v) is 2.70. The molecule has 0 unspecified atom stereocenters. The molecule has 0 fully saturated rings. The summed E-state index contributed by atoms with van der Waals surface area (Å²) in [6, 6.07) is 8.74. The van der Waals surface area contributed by atoms with Gasteiger partial charge in [-0.3, -0.25) is 0 Å². The Morgan fingerprint density at radius 2 is 1.80 bits per heavy atom. The van der Waals surface area contributed by atoms with E-state index in [1.165, 1.54) is 36.8 Å². The summed E-state index contributed by atoms with van der Waals surface area (Å²) in [5, 5.41) is 0. The average Bonchev–Trinajstić information content (AvgIpc) is 2.32. The number of benzene rings is 1. The largest absolute Gasteiger partial charge is 0.0693 e. The van der Waals surface area contributed by atoms with Gasteiger partial charge in [0.25, 0.3) is 0 Å². The Kier molecular flexibility index (Phi) is 5.17. The molecule has 0 aromatic heterocycles. The van der Waals surface area contributed by atoms with Gasteiger partial charge in [0.05, 0.1) is 0 Å². The van der Waals surface area contributed by atoms with Crippen LogP contribution in [0.5, 0.6) is 0 Å². The van der Waals surface area contributed by atoms with Crippen LogP contribution in [0.3, 0.4) is 0 Å². The molecule has 2 rings (SSSR count). The molecule has 0 heteroatoms. The number of rotatable bonds is 2. The van der Waals surface area contributed by atoms with E-state index in [4.69, 9.17) is 0 Å². The maximum Gasteiger partial charge on any atom is -0.0225 e. The van der Waals surface area contributed by atoms with Gasteiger partial charge in [-0.15, -0.1) is 0 Å². The molecule has 0 heterocycles. The molecule has 0 bridgehead atoms. The fourth-order valence-corrected chi connectivity index (χ4v) is 2.01. The molecular formula is C15H22. The summed E-state index contributed by atoms with van der Waals surface area (Å²) < 4.78 is 0. The first-order chi connectivity index (χ1) is 7.40. The fourth-order valence-electron chi connectivity index (χ4n) is 2.01. The third-order valence-electron chi connectivity index (χ3n) is 2.70. The van der Waals surface area contributed by atoms with Crippen molar-refractivity contribution in [2.75, 3.05) is 0 Å². The van der Waals surface area contributed by atoms with Crippen LogP contribution >= 0.6 is 0 Å². The summed E-state index contributed by atoms with van der Waals surface area (Å²) in [5.74, 6) is 0. The van der Waals surface area contributed by atoms with Crippen molar-refractivity contribution in [3.63, 3.8) is 0 Å². The lowest BCUT2D eigenvalue weighted by molar-refractivity contribution is 0.814. The molecule has 0 spiro atoms. The Bertz CT molecular complexity index is 321. The molecule has 0 aliphatic heterocycles. The summed E-state index contributed by atoms with van der Waals surface area (Å²) in [7, 11) is 0. The second-order valence-electron chi connectivity index (χ2n) is 3.75. The van der Waals surface area contributed by atoms with Crippen LogP contribution in [-0.2, 0) is 6.42 Å². The maximum atomic E-state index is 2.38. The van der Waals surface area contributed by atoms with Gasteiger partial charge in [-0.2, -0.15) is 0 Å². The van der Waals surface area contributed by atoms with Crippen molar-refractivity contribution >= 4 is 6.08 Å². The van der Waals surface area contributed by atoms with Gasteiger partial charge in [0, 0.05) is 0 Å². The summed E-state index contributed by atoms with van der Waals surface area (Å²) in [5.41, 5.74) is 4.58. The molecule has 82 valence electrons. The van der Waals surface area contributed by atoms with E-state index in [2.05, 4.69) is 37.3 Å². The van der Waals surface area contributed by atoms with Crippen LogP contribution in [0.2, 0.25) is 0 Å². The monoisotopic (exact) mass is 202 g/mol. The molecule has 0 N–H and O–H groups in total. The molecule has 1 aromatic carbocycles. The molecule has 0 saturated heterocycles. The lowest BCUT2D eigenvalue weighted by Crippen LogP contribution is -1.98. The smallest absolute Gasteiger partial charge is 0.0225 e. The van der Waals surface area contributed by atoms with Crippen molar-refractivity contribution in [3.8, 4) is 0 Å². The minimum absolute atomic E-state index is 1.24. The average molecular weight is 202 g/mol. The Morgan fingerprint density at radius 3 is 2.53 bits per heavy atom. The summed E-state index contributed by atoms with van der Waals surface area (Å²) >= 11 is 0. The molecule has 15 heavy (non-hydrogen) atoms. The predicted molar refractivity (Wildman–Crippen MR) is 69.0 cm³/mol. The van der Waals surface area contributed by atoms with Crippen molar-refractivity contribution in [1.29, 1.82) is 0 Å². The lowest BCUT2D eigenvalue weighted by Gasteiger charge is -2.15. The van der Waals surface area contributed by atoms with Gasteiger partial charge >= 0.3 is 0 Å². The van der Waals surface area contributed by atoms with Crippen LogP contribution in [0.25, 0.3) is 6.08 Å². The van der Waals surface area contributed by atoms with Crippen LogP contribution in [0.1, 0.15) is 51.2 Å². The Hall–Kier alpha value is -1.04. The molecule has 0 radical (unpaired) electrons. The number of fused-ring (bicyclic) bond motifs is 1. The molecule has 1 aromatic rings. The van der Waals surface area contributed by atoms with Crippen molar-refractivity contribution in [3.05, 3.63) is 41.0 Å². The van der Waals surface area contributed by atoms with Gasteiger partial charge in [-0.05, 0) is 30.4 Å². The van der Waals surface area contributed by atoms with Crippen LogP contribution in [0.15, 0.2) is 29.8 Å². The van der Waals surface area contributed by atoms with Gasteiger partial charge < -0.3 is 0 Å². The molecule has 0 amide bonds. The SMILES string of the molecule is CC.CCCC1=Cc2ccccc2CC1. The van der Waals surface area contributed by atoms with Crippen LogP contribution in [0, 0.1) is 0 Å². The highest BCUT2D eigenvalue weighted by Crippen LogP contribution is 2.25. The molecule has 0 nitrogen and oxygen atoms in total. The zero-order valence-corrected chi connectivity index (χ0v) is 10.2. The first-order valence-electron chi connectivity index (χ1n) is 6.17.